The van der Waals surface area contributed by atoms with Gasteiger partial charge in [0, 0.05) is 16.6 Å². The minimum Gasteiger partial charge on any atom is -0.486 e. The van der Waals surface area contributed by atoms with Crippen LogP contribution in [0.2, 0.25) is 0 Å². The molecule has 1 aliphatic rings. The van der Waals surface area contributed by atoms with Crippen molar-refractivity contribution in [2.75, 3.05) is 24.3 Å². The molecular weight excluding hydrogens is 398 g/mol. The molecule has 1 amide bonds. The maximum Gasteiger partial charge on any atom is 0.259 e. The maximum atomic E-state index is 12.3. The first-order valence-electron chi connectivity index (χ1n) is 8.77. The number of anilines is 1. The van der Waals surface area contributed by atoms with Crippen molar-refractivity contribution in [3.63, 3.8) is 0 Å². The molecule has 0 atom stereocenters. The number of rotatable bonds is 5. The van der Waals surface area contributed by atoms with Gasteiger partial charge in [0.05, 0.1) is 16.9 Å². The third kappa shape index (κ3) is 3.85. The van der Waals surface area contributed by atoms with E-state index < -0.39 is 0 Å². The van der Waals surface area contributed by atoms with Gasteiger partial charge in [-0.1, -0.05) is 0 Å². The third-order valence-electron chi connectivity index (χ3n) is 4.39. The fourth-order valence-corrected chi connectivity index (χ4v) is 4.66. The largest absolute Gasteiger partial charge is 0.486 e. The standard InChI is InChI=1S/C19H19N3O4S2/c1-10-11(2)28-19-17(10)18(24)21-15(22-19)8-27-9-16(23)20-12-3-4-13-14(7-12)26-6-5-25-13/h3-4,7H,5-6,8-9H2,1-2H3,(H,20,23)(H,21,22,24). The zero-order valence-electron chi connectivity index (χ0n) is 15.5. The van der Waals surface area contributed by atoms with E-state index in [2.05, 4.69) is 15.3 Å². The first-order chi connectivity index (χ1) is 13.5. The van der Waals surface area contributed by atoms with Crippen LogP contribution in [0.5, 0.6) is 11.5 Å². The number of aromatic nitrogens is 2. The van der Waals surface area contributed by atoms with Gasteiger partial charge in [-0.2, -0.15) is 0 Å². The lowest BCUT2D eigenvalue weighted by atomic mass is 10.2. The molecule has 1 aliphatic heterocycles. The molecule has 1 aromatic carbocycles. The monoisotopic (exact) mass is 417 g/mol. The van der Waals surface area contributed by atoms with E-state index in [4.69, 9.17) is 9.47 Å². The maximum absolute atomic E-state index is 12.3. The van der Waals surface area contributed by atoms with Crippen molar-refractivity contribution in [3.8, 4) is 11.5 Å². The van der Waals surface area contributed by atoms with Crippen LogP contribution in [0.25, 0.3) is 10.2 Å². The molecule has 9 heteroatoms. The Morgan fingerprint density at radius 3 is 2.89 bits per heavy atom. The average molecular weight is 418 g/mol. The number of carbonyl (C=O) groups is 1. The first-order valence-corrected chi connectivity index (χ1v) is 10.7. The number of benzene rings is 1. The van der Waals surface area contributed by atoms with E-state index in [1.807, 2.05) is 13.8 Å². The van der Waals surface area contributed by atoms with Crippen molar-refractivity contribution in [1.82, 2.24) is 9.97 Å². The van der Waals surface area contributed by atoms with Gasteiger partial charge in [0.2, 0.25) is 5.91 Å². The Morgan fingerprint density at radius 2 is 2.07 bits per heavy atom. The number of hydrogen-bond acceptors (Lipinski definition) is 7. The number of ether oxygens (including phenoxy) is 2. The summed E-state index contributed by atoms with van der Waals surface area (Å²) in [5.41, 5.74) is 1.52. The molecule has 0 saturated heterocycles. The van der Waals surface area contributed by atoms with Crippen LogP contribution in [-0.2, 0) is 10.5 Å². The molecule has 3 aromatic rings. The normalized spacial score (nSPS) is 12.9. The minimum atomic E-state index is -0.132. The first kappa shape index (κ1) is 18.8. The Balaban J connectivity index is 1.35. The van der Waals surface area contributed by atoms with Crippen LogP contribution in [-0.4, -0.2) is 34.8 Å². The van der Waals surface area contributed by atoms with Crippen LogP contribution in [0.3, 0.4) is 0 Å². The third-order valence-corrected chi connectivity index (χ3v) is 6.43. The van der Waals surface area contributed by atoms with Gasteiger partial charge >= 0.3 is 0 Å². The van der Waals surface area contributed by atoms with E-state index >= 15 is 0 Å². The summed E-state index contributed by atoms with van der Waals surface area (Å²) in [4.78, 5) is 33.7. The summed E-state index contributed by atoms with van der Waals surface area (Å²) >= 11 is 2.91. The molecule has 2 N–H and O–H groups in total. The number of carbonyl (C=O) groups excluding carboxylic acids is 1. The van der Waals surface area contributed by atoms with Crippen molar-refractivity contribution in [2.24, 2.45) is 0 Å². The van der Waals surface area contributed by atoms with Crippen molar-refractivity contribution < 1.29 is 14.3 Å². The number of thiophene rings is 1. The topological polar surface area (TPSA) is 93.3 Å². The molecule has 0 saturated carbocycles. The van der Waals surface area contributed by atoms with Crippen LogP contribution in [0.4, 0.5) is 5.69 Å². The number of fused-ring (bicyclic) bond motifs is 2. The molecule has 0 unspecified atom stereocenters. The van der Waals surface area contributed by atoms with Gasteiger partial charge in [0.25, 0.3) is 5.56 Å². The number of H-pyrrole nitrogens is 1. The predicted molar refractivity (Wildman–Crippen MR) is 112 cm³/mol. The summed E-state index contributed by atoms with van der Waals surface area (Å²) in [5, 5.41) is 3.50. The number of aryl methyl sites for hydroxylation is 2. The van der Waals surface area contributed by atoms with Gasteiger partial charge in [-0.05, 0) is 31.5 Å². The Bertz CT molecular complexity index is 1110. The fraction of sp³-hybridized carbons (Fsp3) is 0.316. The lowest BCUT2D eigenvalue weighted by Crippen LogP contribution is -2.17. The van der Waals surface area contributed by atoms with E-state index in [1.165, 1.54) is 23.1 Å². The Morgan fingerprint density at radius 1 is 1.29 bits per heavy atom. The Kier molecular flexibility index (Phi) is 5.27. The summed E-state index contributed by atoms with van der Waals surface area (Å²) in [6, 6.07) is 5.32. The zero-order chi connectivity index (χ0) is 19.7. The van der Waals surface area contributed by atoms with Crippen molar-refractivity contribution in [3.05, 3.63) is 44.8 Å². The van der Waals surface area contributed by atoms with Crippen LogP contribution >= 0.6 is 23.1 Å². The number of nitrogens with one attached hydrogen (secondary N) is 2. The molecule has 0 bridgehead atoms. The number of hydrogen-bond donors (Lipinski definition) is 2. The highest BCUT2D eigenvalue weighted by atomic mass is 32.2. The summed E-state index contributed by atoms with van der Waals surface area (Å²) < 4.78 is 11.0. The fourth-order valence-electron chi connectivity index (χ4n) is 2.93. The van der Waals surface area contributed by atoms with E-state index in [9.17, 15) is 9.59 Å². The van der Waals surface area contributed by atoms with Gasteiger partial charge < -0.3 is 19.8 Å². The van der Waals surface area contributed by atoms with E-state index in [1.54, 1.807) is 18.2 Å². The second-order valence-corrected chi connectivity index (χ2v) is 8.56. The molecule has 28 heavy (non-hydrogen) atoms. The second-order valence-electron chi connectivity index (χ2n) is 6.38. The SMILES string of the molecule is Cc1sc2nc(CSCC(=O)Nc3ccc4c(c3)OCCO4)[nH]c(=O)c2c1C. The van der Waals surface area contributed by atoms with Gasteiger partial charge in [-0.3, -0.25) is 9.59 Å². The predicted octanol–water partition coefficient (Wildman–Crippen LogP) is 3.24. The lowest BCUT2D eigenvalue weighted by molar-refractivity contribution is -0.113. The van der Waals surface area contributed by atoms with Gasteiger partial charge in [0.15, 0.2) is 11.5 Å². The molecule has 4 rings (SSSR count). The molecule has 146 valence electrons. The molecule has 0 spiro atoms. The summed E-state index contributed by atoms with van der Waals surface area (Å²) in [6.45, 7) is 4.94. The van der Waals surface area contributed by atoms with E-state index in [0.717, 1.165) is 15.3 Å². The summed E-state index contributed by atoms with van der Waals surface area (Å²) in [7, 11) is 0. The molecule has 2 aromatic heterocycles. The molecule has 7 nitrogen and oxygen atoms in total. The lowest BCUT2D eigenvalue weighted by Gasteiger charge is -2.19. The molecular formula is C19H19N3O4S2. The molecule has 0 radical (unpaired) electrons. The summed E-state index contributed by atoms with van der Waals surface area (Å²) in [6.07, 6.45) is 0. The van der Waals surface area contributed by atoms with Crippen LogP contribution < -0.4 is 20.3 Å². The molecule has 0 fully saturated rings. The van der Waals surface area contributed by atoms with Crippen molar-refractivity contribution in [1.29, 1.82) is 0 Å². The molecule has 0 aliphatic carbocycles. The van der Waals surface area contributed by atoms with Gasteiger partial charge in [-0.25, -0.2) is 4.98 Å². The van der Waals surface area contributed by atoms with E-state index in [0.29, 0.717) is 47.4 Å². The summed E-state index contributed by atoms with van der Waals surface area (Å²) in [5.74, 6) is 2.47. The highest BCUT2D eigenvalue weighted by molar-refractivity contribution is 7.99. The quantitative estimate of drug-likeness (QED) is 0.662. The highest BCUT2D eigenvalue weighted by Gasteiger charge is 2.14. The van der Waals surface area contributed by atoms with Crippen molar-refractivity contribution >= 4 is 44.9 Å². The van der Waals surface area contributed by atoms with Gasteiger partial charge in [0.1, 0.15) is 23.9 Å². The number of thioether (sulfide) groups is 1. The van der Waals surface area contributed by atoms with Crippen LogP contribution in [0, 0.1) is 13.8 Å². The Hall–Kier alpha value is -2.52. The highest BCUT2D eigenvalue weighted by Crippen LogP contribution is 2.32. The second kappa shape index (κ2) is 7.84. The Labute approximate surface area is 169 Å². The van der Waals surface area contributed by atoms with Crippen LogP contribution in [0.1, 0.15) is 16.3 Å². The van der Waals surface area contributed by atoms with E-state index in [-0.39, 0.29) is 17.2 Å². The smallest absolute Gasteiger partial charge is 0.259 e. The average Bonchev–Trinajstić information content (AvgIpc) is 2.96. The minimum absolute atomic E-state index is 0.122. The number of nitrogens with zero attached hydrogens (tertiary/aromatic N) is 1. The number of aromatic amines is 1. The number of amides is 1. The van der Waals surface area contributed by atoms with Crippen molar-refractivity contribution in [2.45, 2.75) is 19.6 Å². The van der Waals surface area contributed by atoms with Crippen LogP contribution in [0.15, 0.2) is 23.0 Å². The zero-order valence-corrected chi connectivity index (χ0v) is 17.1. The van der Waals surface area contributed by atoms with Gasteiger partial charge in [-0.15, -0.1) is 23.1 Å². The molecule has 3 heterocycles.